The highest BCUT2D eigenvalue weighted by molar-refractivity contribution is 5.79. The van der Waals surface area contributed by atoms with E-state index in [1.165, 1.54) is 25.7 Å². The Morgan fingerprint density at radius 2 is 1.93 bits per heavy atom. The smallest absolute Gasteiger partial charge is 0.387 e. The van der Waals surface area contributed by atoms with Gasteiger partial charge in [-0.1, -0.05) is 25.0 Å². The van der Waals surface area contributed by atoms with Crippen LogP contribution in [0, 0.1) is 5.41 Å². The lowest BCUT2D eigenvalue weighted by molar-refractivity contribution is -0.0520. The summed E-state index contributed by atoms with van der Waals surface area (Å²) in [6.45, 7) is 3.84. The number of para-hydroxylation sites is 1. The Morgan fingerprint density at radius 3 is 2.57 bits per heavy atom. The first kappa shape index (κ1) is 24.2. The highest BCUT2D eigenvalue weighted by Crippen LogP contribution is 2.40. The SMILES string of the molecule is CCOCCC1(CNC(=NC)NCc2cccc(OCC)c2OC(F)F)CCCC1. The number of ether oxygens (including phenoxy) is 3. The Hall–Kier alpha value is -2.09. The van der Waals surface area contributed by atoms with Crippen molar-refractivity contribution in [3.05, 3.63) is 23.8 Å². The Bertz CT molecular complexity index is 665. The van der Waals surface area contributed by atoms with Gasteiger partial charge < -0.3 is 24.8 Å². The van der Waals surface area contributed by atoms with Crippen molar-refractivity contribution < 1.29 is 23.0 Å². The molecule has 0 unspecified atom stereocenters. The van der Waals surface area contributed by atoms with Crippen LogP contribution in [0.15, 0.2) is 23.2 Å². The molecule has 1 saturated carbocycles. The second kappa shape index (κ2) is 12.6. The van der Waals surface area contributed by atoms with Gasteiger partial charge in [0.25, 0.3) is 0 Å². The lowest BCUT2D eigenvalue weighted by atomic mass is 9.83. The molecule has 1 aliphatic carbocycles. The molecule has 0 spiro atoms. The molecule has 0 amide bonds. The molecule has 8 heteroatoms. The molecule has 1 aromatic carbocycles. The third-order valence-electron chi connectivity index (χ3n) is 5.51. The lowest BCUT2D eigenvalue weighted by Gasteiger charge is -2.30. The molecule has 2 N–H and O–H groups in total. The van der Waals surface area contributed by atoms with Gasteiger partial charge in [-0.3, -0.25) is 4.99 Å². The topological polar surface area (TPSA) is 64.1 Å². The predicted octanol–water partition coefficient (Wildman–Crippen LogP) is 4.34. The van der Waals surface area contributed by atoms with Crippen molar-refractivity contribution in [2.75, 3.05) is 33.4 Å². The van der Waals surface area contributed by atoms with E-state index in [2.05, 4.69) is 15.6 Å². The molecule has 0 atom stereocenters. The van der Waals surface area contributed by atoms with Gasteiger partial charge in [-0.05, 0) is 44.6 Å². The van der Waals surface area contributed by atoms with Gasteiger partial charge in [-0.25, -0.2) is 0 Å². The Morgan fingerprint density at radius 1 is 1.17 bits per heavy atom. The van der Waals surface area contributed by atoms with Crippen molar-refractivity contribution >= 4 is 5.96 Å². The number of halogens is 2. The van der Waals surface area contributed by atoms with E-state index in [1.807, 2.05) is 6.92 Å². The maximum atomic E-state index is 12.9. The molecular weight excluding hydrogens is 392 g/mol. The van der Waals surface area contributed by atoms with E-state index in [0.717, 1.165) is 26.2 Å². The van der Waals surface area contributed by atoms with E-state index in [4.69, 9.17) is 14.2 Å². The molecule has 6 nitrogen and oxygen atoms in total. The Labute approximate surface area is 178 Å². The Balaban J connectivity index is 1.99. The van der Waals surface area contributed by atoms with Gasteiger partial charge in [-0.2, -0.15) is 8.78 Å². The van der Waals surface area contributed by atoms with Crippen LogP contribution in [-0.4, -0.2) is 46.0 Å². The number of hydrogen-bond donors (Lipinski definition) is 2. The molecule has 30 heavy (non-hydrogen) atoms. The number of aliphatic imine (C=N–C) groups is 1. The average molecular weight is 428 g/mol. The third kappa shape index (κ3) is 7.31. The molecule has 1 aliphatic rings. The first-order valence-corrected chi connectivity index (χ1v) is 10.8. The molecule has 0 heterocycles. The van der Waals surface area contributed by atoms with E-state index in [1.54, 1.807) is 32.2 Å². The predicted molar refractivity (Wildman–Crippen MR) is 114 cm³/mol. The molecule has 2 rings (SSSR count). The van der Waals surface area contributed by atoms with Gasteiger partial charge in [0.2, 0.25) is 0 Å². The van der Waals surface area contributed by atoms with Crippen LogP contribution in [0.4, 0.5) is 8.78 Å². The summed E-state index contributed by atoms with van der Waals surface area (Å²) in [4.78, 5) is 4.28. The van der Waals surface area contributed by atoms with E-state index in [0.29, 0.717) is 23.9 Å². The number of hydrogen-bond acceptors (Lipinski definition) is 4. The summed E-state index contributed by atoms with van der Waals surface area (Å²) in [5.74, 6) is 0.990. The minimum absolute atomic E-state index is 0.0567. The summed E-state index contributed by atoms with van der Waals surface area (Å²) in [5.41, 5.74) is 0.794. The molecular formula is C22H35F2N3O3. The van der Waals surface area contributed by atoms with E-state index < -0.39 is 6.61 Å². The van der Waals surface area contributed by atoms with Crippen LogP contribution in [0.3, 0.4) is 0 Å². The molecule has 0 aliphatic heterocycles. The monoisotopic (exact) mass is 427 g/mol. The highest BCUT2D eigenvalue weighted by Gasteiger charge is 2.33. The molecule has 1 fully saturated rings. The zero-order valence-corrected chi connectivity index (χ0v) is 18.3. The quantitative estimate of drug-likeness (QED) is 0.295. The van der Waals surface area contributed by atoms with E-state index in [-0.39, 0.29) is 17.7 Å². The summed E-state index contributed by atoms with van der Waals surface area (Å²) in [6, 6.07) is 5.12. The van der Waals surface area contributed by atoms with Gasteiger partial charge in [0.05, 0.1) is 6.61 Å². The molecule has 1 aromatic rings. The summed E-state index contributed by atoms with van der Waals surface area (Å²) in [5, 5.41) is 6.62. The van der Waals surface area contributed by atoms with E-state index in [9.17, 15) is 8.78 Å². The number of alkyl halides is 2. The first-order chi connectivity index (χ1) is 14.5. The van der Waals surface area contributed by atoms with Crippen molar-refractivity contribution in [1.29, 1.82) is 0 Å². The summed E-state index contributed by atoms with van der Waals surface area (Å²) >= 11 is 0. The minimum Gasteiger partial charge on any atom is -0.490 e. The fourth-order valence-electron chi connectivity index (χ4n) is 3.94. The molecule has 0 aromatic heterocycles. The second-order valence-electron chi connectivity index (χ2n) is 7.49. The van der Waals surface area contributed by atoms with Crippen molar-refractivity contribution in [3.8, 4) is 11.5 Å². The largest absolute Gasteiger partial charge is 0.490 e. The number of guanidine groups is 1. The summed E-state index contributed by atoms with van der Waals surface area (Å²) in [7, 11) is 1.70. The fourth-order valence-corrected chi connectivity index (χ4v) is 3.94. The highest BCUT2D eigenvalue weighted by atomic mass is 19.3. The summed E-state index contributed by atoms with van der Waals surface area (Å²) in [6.07, 6.45) is 5.84. The van der Waals surface area contributed by atoms with Gasteiger partial charge in [0.15, 0.2) is 17.5 Å². The van der Waals surface area contributed by atoms with Crippen molar-refractivity contribution in [3.63, 3.8) is 0 Å². The van der Waals surface area contributed by atoms with Crippen molar-refractivity contribution in [2.24, 2.45) is 10.4 Å². The number of nitrogens with one attached hydrogen (secondary N) is 2. The summed E-state index contributed by atoms with van der Waals surface area (Å²) < 4.78 is 41.6. The van der Waals surface area contributed by atoms with Crippen LogP contribution in [0.2, 0.25) is 0 Å². The van der Waals surface area contributed by atoms with Gasteiger partial charge >= 0.3 is 6.61 Å². The van der Waals surface area contributed by atoms with Gasteiger partial charge in [0.1, 0.15) is 0 Å². The van der Waals surface area contributed by atoms with Gasteiger partial charge in [0, 0.05) is 38.9 Å². The number of nitrogens with zero attached hydrogens (tertiary/aromatic N) is 1. The fraction of sp³-hybridized carbons (Fsp3) is 0.682. The zero-order chi connectivity index (χ0) is 21.8. The average Bonchev–Trinajstić information content (AvgIpc) is 3.19. The first-order valence-electron chi connectivity index (χ1n) is 10.8. The third-order valence-corrected chi connectivity index (χ3v) is 5.51. The lowest BCUT2D eigenvalue weighted by Crippen LogP contribution is -2.43. The second-order valence-corrected chi connectivity index (χ2v) is 7.49. The maximum absolute atomic E-state index is 12.9. The number of rotatable bonds is 12. The van der Waals surface area contributed by atoms with Crippen LogP contribution < -0.4 is 20.1 Å². The Kier molecular flexibility index (Phi) is 10.1. The van der Waals surface area contributed by atoms with Crippen LogP contribution >= 0.6 is 0 Å². The van der Waals surface area contributed by atoms with Gasteiger partial charge in [-0.15, -0.1) is 0 Å². The minimum atomic E-state index is -2.92. The van der Waals surface area contributed by atoms with Crippen molar-refractivity contribution in [2.45, 2.75) is 59.1 Å². The van der Waals surface area contributed by atoms with Crippen LogP contribution in [-0.2, 0) is 11.3 Å². The number of benzene rings is 1. The normalized spacial score (nSPS) is 16.0. The van der Waals surface area contributed by atoms with Crippen LogP contribution in [0.1, 0.15) is 51.5 Å². The van der Waals surface area contributed by atoms with Crippen molar-refractivity contribution in [1.82, 2.24) is 10.6 Å². The van der Waals surface area contributed by atoms with Crippen LogP contribution in [0.25, 0.3) is 0 Å². The maximum Gasteiger partial charge on any atom is 0.387 e. The molecule has 0 saturated heterocycles. The zero-order valence-electron chi connectivity index (χ0n) is 18.3. The van der Waals surface area contributed by atoms with Crippen LogP contribution in [0.5, 0.6) is 11.5 Å². The molecule has 0 radical (unpaired) electrons. The van der Waals surface area contributed by atoms with E-state index >= 15 is 0 Å². The molecule has 0 bridgehead atoms. The molecule has 170 valence electrons. The standard InChI is InChI=1S/C22H35F2N3O3/c1-4-28-14-13-22(11-6-7-12-22)16-27-21(25-3)26-15-17-9-8-10-18(29-5-2)19(17)30-20(23)24/h8-10,20H,4-7,11-16H2,1-3H3,(H2,25,26,27).